The zero-order valence-electron chi connectivity index (χ0n) is 12.7. The van der Waals surface area contributed by atoms with Crippen LogP contribution in [0.25, 0.3) is 0 Å². The van der Waals surface area contributed by atoms with E-state index in [9.17, 15) is 4.79 Å². The van der Waals surface area contributed by atoms with Crippen molar-refractivity contribution in [3.8, 4) is 0 Å². The molecule has 0 aliphatic rings. The second kappa shape index (κ2) is 7.90. The van der Waals surface area contributed by atoms with Gasteiger partial charge in [0.15, 0.2) is 0 Å². The number of amides is 1. The minimum atomic E-state index is -0.0752. The number of aliphatic hydroxyl groups excluding tert-OH is 1. The molecule has 4 heteroatoms. The Morgan fingerprint density at radius 1 is 1.30 bits per heavy atom. The number of nitrogens with zero attached hydrogens (tertiary/aromatic N) is 1. The molecule has 0 spiro atoms. The molecule has 1 aromatic carbocycles. The first kappa shape index (κ1) is 16.5. The van der Waals surface area contributed by atoms with Crippen LogP contribution < -0.4 is 10.2 Å². The normalized spacial score (nSPS) is 11.2. The van der Waals surface area contributed by atoms with Crippen molar-refractivity contribution in [2.24, 2.45) is 5.41 Å². The average molecular weight is 278 g/mol. The molecule has 0 unspecified atom stereocenters. The van der Waals surface area contributed by atoms with Crippen molar-refractivity contribution >= 4 is 11.6 Å². The number of hydrogen-bond donors (Lipinski definition) is 2. The maximum Gasteiger partial charge on any atom is 0.239 e. The van der Waals surface area contributed by atoms with E-state index in [-0.39, 0.29) is 17.9 Å². The minimum absolute atomic E-state index is 0.0155. The zero-order chi connectivity index (χ0) is 15.0. The summed E-state index contributed by atoms with van der Waals surface area (Å²) >= 11 is 0. The van der Waals surface area contributed by atoms with E-state index in [0.29, 0.717) is 19.5 Å². The molecule has 20 heavy (non-hydrogen) atoms. The van der Waals surface area contributed by atoms with Crippen molar-refractivity contribution in [1.82, 2.24) is 5.32 Å². The molecule has 0 bridgehead atoms. The predicted octanol–water partition coefficient (Wildman–Crippen LogP) is 2.04. The summed E-state index contributed by atoms with van der Waals surface area (Å²) in [6.45, 7) is 7.99. The Labute approximate surface area is 121 Å². The Hall–Kier alpha value is -1.55. The van der Waals surface area contributed by atoms with Crippen LogP contribution in [0.2, 0.25) is 0 Å². The lowest BCUT2D eigenvalue weighted by Gasteiger charge is -2.26. The van der Waals surface area contributed by atoms with E-state index in [0.717, 1.165) is 12.2 Å². The monoisotopic (exact) mass is 278 g/mol. The van der Waals surface area contributed by atoms with Gasteiger partial charge in [0.25, 0.3) is 0 Å². The molecule has 0 aliphatic heterocycles. The Kier molecular flexibility index (Phi) is 6.52. The number of anilines is 1. The molecule has 0 atom stereocenters. The van der Waals surface area contributed by atoms with Gasteiger partial charge in [-0.25, -0.2) is 0 Å². The first-order valence-electron chi connectivity index (χ1n) is 7.16. The molecule has 1 aromatic rings. The molecule has 2 N–H and O–H groups in total. The molecule has 0 aromatic heterocycles. The number of likely N-dealkylation sites (N-methyl/N-ethyl adjacent to an activating group) is 1. The molecule has 1 rings (SSSR count). The fraction of sp³-hybridized carbons (Fsp3) is 0.562. The first-order valence-corrected chi connectivity index (χ1v) is 7.16. The summed E-state index contributed by atoms with van der Waals surface area (Å²) in [5, 5.41) is 11.9. The summed E-state index contributed by atoms with van der Waals surface area (Å²) in [5.74, 6) is 0.0155. The van der Waals surface area contributed by atoms with Gasteiger partial charge in [-0.1, -0.05) is 32.0 Å². The SMILES string of the molecule is CCN(CC(=O)NCC(C)(C)CCO)c1ccccc1. The molecule has 0 heterocycles. The number of hydrogen-bond acceptors (Lipinski definition) is 3. The maximum absolute atomic E-state index is 12.0. The van der Waals surface area contributed by atoms with E-state index in [4.69, 9.17) is 5.11 Å². The summed E-state index contributed by atoms with van der Waals surface area (Å²) < 4.78 is 0. The van der Waals surface area contributed by atoms with Crippen LogP contribution in [0.1, 0.15) is 27.2 Å². The standard InChI is InChI=1S/C16H26N2O2/c1-4-18(14-8-6-5-7-9-14)12-15(20)17-13-16(2,3)10-11-19/h5-9,19H,4,10-13H2,1-3H3,(H,17,20). The van der Waals surface area contributed by atoms with Crippen molar-refractivity contribution in [2.75, 3.05) is 31.1 Å². The lowest BCUT2D eigenvalue weighted by molar-refractivity contribution is -0.120. The fourth-order valence-corrected chi connectivity index (χ4v) is 1.98. The number of nitrogens with one attached hydrogen (secondary N) is 1. The van der Waals surface area contributed by atoms with E-state index in [1.54, 1.807) is 0 Å². The van der Waals surface area contributed by atoms with Gasteiger partial charge < -0.3 is 15.3 Å². The van der Waals surface area contributed by atoms with Gasteiger partial charge in [-0.2, -0.15) is 0 Å². The van der Waals surface area contributed by atoms with E-state index in [1.807, 2.05) is 56.0 Å². The number of carbonyl (C=O) groups excluding carboxylic acids is 1. The van der Waals surface area contributed by atoms with Crippen molar-refractivity contribution in [3.63, 3.8) is 0 Å². The molecule has 4 nitrogen and oxygen atoms in total. The lowest BCUT2D eigenvalue weighted by atomic mass is 9.90. The largest absolute Gasteiger partial charge is 0.396 e. The first-order chi connectivity index (χ1) is 9.48. The molecule has 0 radical (unpaired) electrons. The summed E-state index contributed by atoms with van der Waals surface area (Å²) in [6.07, 6.45) is 0.684. The predicted molar refractivity (Wildman–Crippen MR) is 82.8 cm³/mol. The van der Waals surface area contributed by atoms with Crippen LogP contribution in [0, 0.1) is 5.41 Å². The highest BCUT2D eigenvalue weighted by Crippen LogP contribution is 2.18. The Bertz CT molecular complexity index is 404. The highest BCUT2D eigenvalue weighted by molar-refractivity contribution is 5.81. The second-order valence-electron chi connectivity index (χ2n) is 5.76. The number of rotatable bonds is 8. The molecule has 0 fully saturated rings. The number of para-hydroxylation sites is 1. The van der Waals surface area contributed by atoms with Crippen LogP contribution in [-0.2, 0) is 4.79 Å². The third kappa shape index (κ3) is 5.61. The maximum atomic E-state index is 12.0. The molecule has 0 saturated carbocycles. The average Bonchev–Trinajstić information content (AvgIpc) is 2.43. The highest BCUT2D eigenvalue weighted by atomic mass is 16.3. The van der Waals surface area contributed by atoms with Crippen molar-refractivity contribution in [3.05, 3.63) is 30.3 Å². The van der Waals surface area contributed by atoms with E-state index in [1.165, 1.54) is 0 Å². The van der Waals surface area contributed by atoms with Crippen LogP contribution in [0.3, 0.4) is 0 Å². The quantitative estimate of drug-likeness (QED) is 0.765. The van der Waals surface area contributed by atoms with E-state index in [2.05, 4.69) is 5.32 Å². The number of benzene rings is 1. The van der Waals surface area contributed by atoms with Crippen LogP contribution in [0.5, 0.6) is 0 Å². The zero-order valence-corrected chi connectivity index (χ0v) is 12.7. The molecule has 1 amide bonds. The van der Waals surface area contributed by atoms with Gasteiger partial charge in [-0.3, -0.25) is 4.79 Å². The van der Waals surface area contributed by atoms with Gasteiger partial charge in [0.1, 0.15) is 0 Å². The van der Waals surface area contributed by atoms with E-state index < -0.39 is 0 Å². The Morgan fingerprint density at radius 3 is 2.50 bits per heavy atom. The summed E-state index contributed by atoms with van der Waals surface area (Å²) in [4.78, 5) is 14.1. The smallest absolute Gasteiger partial charge is 0.239 e. The molecule has 0 saturated heterocycles. The van der Waals surface area contributed by atoms with Gasteiger partial charge >= 0.3 is 0 Å². The van der Waals surface area contributed by atoms with Crippen molar-refractivity contribution in [1.29, 1.82) is 0 Å². The third-order valence-electron chi connectivity index (χ3n) is 3.39. The topological polar surface area (TPSA) is 52.6 Å². The van der Waals surface area contributed by atoms with E-state index >= 15 is 0 Å². The molecular weight excluding hydrogens is 252 g/mol. The summed E-state index contributed by atoms with van der Waals surface area (Å²) in [5.41, 5.74) is 0.980. The van der Waals surface area contributed by atoms with Crippen molar-refractivity contribution < 1.29 is 9.90 Å². The minimum Gasteiger partial charge on any atom is -0.396 e. The van der Waals surface area contributed by atoms with Crippen LogP contribution in [-0.4, -0.2) is 37.3 Å². The third-order valence-corrected chi connectivity index (χ3v) is 3.39. The van der Waals surface area contributed by atoms with Crippen molar-refractivity contribution in [2.45, 2.75) is 27.2 Å². The second-order valence-corrected chi connectivity index (χ2v) is 5.76. The van der Waals surface area contributed by atoms with Crippen LogP contribution >= 0.6 is 0 Å². The molecule has 112 valence electrons. The fourth-order valence-electron chi connectivity index (χ4n) is 1.98. The highest BCUT2D eigenvalue weighted by Gasteiger charge is 2.18. The van der Waals surface area contributed by atoms with Gasteiger partial charge in [-0.05, 0) is 30.9 Å². The van der Waals surface area contributed by atoms with Gasteiger partial charge in [0.2, 0.25) is 5.91 Å². The lowest BCUT2D eigenvalue weighted by Crippen LogP contribution is -2.41. The van der Waals surface area contributed by atoms with Gasteiger partial charge in [0, 0.05) is 25.4 Å². The van der Waals surface area contributed by atoms with Gasteiger partial charge in [-0.15, -0.1) is 0 Å². The van der Waals surface area contributed by atoms with Gasteiger partial charge in [0.05, 0.1) is 6.54 Å². The Balaban J connectivity index is 2.48. The molecular formula is C16H26N2O2. The number of aliphatic hydroxyl groups is 1. The number of carbonyl (C=O) groups is 1. The summed E-state index contributed by atoms with van der Waals surface area (Å²) in [6, 6.07) is 9.92. The summed E-state index contributed by atoms with van der Waals surface area (Å²) in [7, 11) is 0. The Morgan fingerprint density at radius 2 is 1.95 bits per heavy atom. The van der Waals surface area contributed by atoms with Crippen LogP contribution in [0.4, 0.5) is 5.69 Å². The molecule has 0 aliphatic carbocycles. The van der Waals surface area contributed by atoms with Crippen LogP contribution in [0.15, 0.2) is 30.3 Å².